The van der Waals surface area contributed by atoms with Crippen LogP contribution in [-0.4, -0.2) is 37.6 Å². The molecule has 0 saturated carbocycles. The Morgan fingerprint density at radius 3 is 2.62 bits per heavy atom. The molecular formula is C21H26N2O3. The van der Waals surface area contributed by atoms with Crippen molar-refractivity contribution in [2.24, 2.45) is 0 Å². The van der Waals surface area contributed by atoms with E-state index in [2.05, 4.69) is 22.3 Å². The molecule has 1 heterocycles. The number of hydrogen-bond acceptors (Lipinski definition) is 4. The number of hydrogen-bond donors (Lipinski definition) is 1. The van der Waals surface area contributed by atoms with Crippen LogP contribution >= 0.6 is 0 Å². The largest absolute Gasteiger partial charge is 0.497 e. The third-order valence-electron chi connectivity index (χ3n) is 4.60. The van der Waals surface area contributed by atoms with Crippen molar-refractivity contribution in [1.29, 1.82) is 0 Å². The molecule has 138 valence electrons. The summed E-state index contributed by atoms with van der Waals surface area (Å²) in [6, 6.07) is 14.0. The van der Waals surface area contributed by atoms with E-state index >= 15 is 0 Å². The fraction of sp³-hybridized carbons (Fsp3) is 0.381. The van der Waals surface area contributed by atoms with Crippen LogP contribution in [0, 0.1) is 0 Å². The average molecular weight is 354 g/mol. The molecule has 5 heteroatoms. The molecule has 0 spiro atoms. The second-order valence-corrected chi connectivity index (χ2v) is 6.45. The zero-order valence-electron chi connectivity index (χ0n) is 15.5. The Morgan fingerprint density at radius 1 is 1.12 bits per heavy atom. The molecular weight excluding hydrogens is 328 g/mol. The first-order valence-corrected chi connectivity index (χ1v) is 9.04. The summed E-state index contributed by atoms with van der Waals surface area (Å²) in [5, 5.41) is 2.99. The van der Waals surface area contributed by atoms with Crippen molar-refractivity contribution in [2.75, 3.05) is 26.8 Å². The highest BCUT2D eigenvalue weighted by molar-refractivity contribution is 5.78. The van der Waals surface area contributed by atoms with E-state index in [0.29, 0.717) is 19.7 Å². The summed E-state index contributed by atoms with van der Waals surface area (Å²) in [5.74, 6) is 1.76. The molecule has 3 rings (SSSR count). The molecule has 2 aromatic rings. The monoisotopic (exact) mass is 354 g/mol. The summed E-state index contributed by atoms with van der Waals surface area (Å²) in [4.78, 5) is 14.5. The molecule has 26 heavy (non-hydrogen) atoms. The molecule has 0 atom stereocenters. The molecule has 0 saturated heterocycles. The molecule has 2 aromatic carbocycles. The smallest absolute Gasteiger partial charge is 0.234 e. The molecule has 5 nitrogen and oxygen atoms in total. The lowest BCUT2D eigenvalue weighted by atomic mass is 9.99. The van der Waals surface area contributed by atoms with E-state index in [9.17, 15) is 4.79 Å². The van der Waals surface area contributed by atoms with Crippen LogP contribution in [0.2, 0.25) is 0 Å². The molecule has 1 aliphatic heterocycles. The van der Waals surface area contributed by atoms with Gasteiger partial charge < -0.3 is 14.8 Å². The first kappa shape index (κ1) is 18.3. The predicted octanol–water partition coefficient (Wildman–Crippen LogP) is 2.77. The standard InChI is InChI=1S/C21H26N2O3/c1-3-26-20-9-6-17-10-11-23(14-18(17)12-20)15-21(24)22-13-16-4-7-19(25-2)8-5-16/h4-9,12H,3,10-11,13-15H2,1-2H3,(H,22,24). The van der Waals surface area contributed by atoms with Gasteiger partial charge in [0.25, 0.3) is 0 Å². The van der Waals surface area contributed by atoms with Gasteiger partial charge in [0.2, 0.25) is 5.91 Å². The molecule has 1 N–H and O–H groups in total. The van der Waals surface area contributed by atoms with Crippen molar-refractivity contribution in [3.8, 4) is 11.5 Å². The van der Waals surface area contributed by atoms with Gasteiger partial charge in [-0.15, -0.1) is 0 Å². The average Bonchev–Trinajstić information content (AvgIpc) is 2.67. The van der Waals surface area contributed by atoms with E-state index in [1.807, 2.05) is 37.3 Å². The van der Waals surface area contributed by atoms with Crippen LogP contribution in [0.5, 0.6) is 11.5 Å². The van der Waals surface area contributed by atoms with Gasteiger partial charge >= 0.3 is 0 Å². The van der Waals surface area contributed by atoms with Crippen molar-refractivity contribution in [1.82, 2.24) is 10.2 Å². The molecule has 0 bridgehead atoms. The highest BCUT2D eigenvalue weighted by atomic mass is 16.5. The Kier molecular flexibility index (Phi) is 6.12. The maximum atomic E-state index is 12.3. The number of amides is 1. The van der Waals surface area contributed by atoms with E-state index in [4.69, 9.17) is 9.47 Å². The second-order valence-electron chi connectivity index (χ2n) is 6.45. The number of ether oxygens (including phenoxy) is 2. The van der Waals surface area contributed by atoms with Gasteiger partial charge in [0.15, 0.2) is 0 Å². The summed E-state index contributed by atoms with van der Waals surface area (Å²) in [5.41, 5.74) is 3.66. The molecule has 0 radical (unpaired) electrons. The molecule has 0 fully saturated rings. The van der Waals surface area contributed by atoms with Gasteiger partial charge in [0, 0.05) is 19.6 Å². The van der Waals surface area contributed by atoms with Gasteiger partial charge in [0.05, 0.1) is 20.3 Å². The fourth-order valence-corrected chi connectivity index (χ4v) is 3.19. The molecule has 0 aliphatic carbocycles. The highest BCUT2D eigenvalue weighted by Gasteiger charge is 2.19. The van der Waals surface area contributed by atoms with Crippen LogP contribution in [0.15, 0.2) is 42.5 Å². The number of nitrogens with zero attached hydrogens (tertiary/aromatic N) is 1. The number of nitrogens with one attached hydrogen (secondary N) is 1. The number of rotatable bonds is 7. The lowest BCUT2D eigenvalue weighted by molar-refractivity contribution is -0.122. The van der Waals surface area contributed by atoms with Gasteiger partial charge in [-0.2, -0.15) is 0 Å². The van der Waals surface area contributed by atoms with Crippen LogP contribution in [-0.2, 0) is 24.3 Å². The number of methoxy groups -OCH3 is 1. The normalized spacial score (nSPS) is 13.8. The summed E-state index contributed by atoms with van der Waals surface area (Å²) in [6.07, 6.45) is 0.966. The number of carbonyl (C=O) groups excluding carboxylic acids is 1. The summed E-state index contributed by atoms with van der Waals surface area (Å²) < 4.78 is 10.7. The zero-order valence-corrected chi connectivity index (χ0v) is 15.5. The zero-order chi connectivity index (χ0) is 18.4. The first-order valence-electron chi connectivity index (χ1n) is 9.04. The molecule has 0 unspecified atom stereocenters. The predicted molar refractivity (Wildman–Crippen MR) is 101 cm³/mol. The minimum atomic E-state index is 0.0465. The summed E-state index contributed by atoms with van der Waals surface area (Å²) >= 11 is 0. The van der Waals surface area contributed by atoms with Crippen LogP contribution in [0.1, 0.15) is 23.6 Å². The molecule has 1 aliphatic rings. The lowest BCUT2D eigenvalue weighted by Gasteiger charge is -2.28. The molecule has 0 aromatic heterocycles. The van der Waals surface area contributed by atoms with Crippen molar-refractivity contribution in [2.45, 2.75) is 26.4 Å². The van der Waals surface area contributed by atoms with Crippen LogP contribution in [0.25, 0.3) is 0 Å². The van der Waals surface area contributed by atoms with Crippen LogP contribution in [0.3, 0.4) is 0 Å². The highest BCUT2D eigenvalue weighted by Crippen LogP contribution is 2.23. The van der Waals surface area contributed by atoms with E-state index < -0.39 is 0 Å². The fourth-order valence-electron chi connectivity index (χ4n) is 3.19. The number of carbonyl (C=O) groups is 1. The van der Waals surface area contributed by atoms with Crippen LogP contribution < -0.4 is 14.8 Å². The number of benzene rings is 2. The first-order chi connectivity index (χ1) is 12.7. The van der Waals surface area contributed by atoms with E-state index in [1.165, 1.54) is 11.1 Å². The van der Waals surface area contributed by atoms with Crippen molar-refractivity contribution in [3.05, 3.63) is 59.2 Å². The summed E-state index contributed by atoms with van der Waals surface area (Å²) in [6.45, 7) is 5.27. The summed E-state index contributed by atoms with van der Waals surface area (Å²) in [7, 11) is 1.64. The lowest BCUT2D eigenvalue weighted by Crippen LogP contribution is -2.39. The Bertz CT molecular complexity index is 743. The third-order valence-corrected chi connectivity index (χ3v) is 4.60. The third kappa shape index (κ3) is 4.76. The molecule has 1 amide bonds. The quantitative estimate of drug-likeness (QED) is 0.831. The van der Waals surface area contributed by atoms with Crippen molar-refractivity contribution in [3.63, 3.8) is 0 Å². The second kappa shape index (κ2) is 8.72. The van der Waals surface area contributed by atoms with Gasteiger partial charge in [-0.25, -0.2) is 0 Å². The maximum Gasteiger partial charge on any atom is 0.234 e. The Hall–Kier alpha value is -2.53. The Labute approximate surface area is 154 Å². The minimum absolute atomic E-state index is 0.0465. The van der Waals surface area contributed by atoms with E-state index in [-0.39, 0.29) is 5.91 Å². The topological polar surface area (TPSA) is 50.8 Å². The van der Waals surface area contributed by atoms with Crippen molar-refractivity contribution < 1.29 is 14.3 Å². The Balaban J connectivity index is 1.51. The maximum absolute atomic E-state index is 12.3. The van der Waals surface area contributed by atoms with Gasteiger partial charge in [-0.1, -0.05) is 18.2 Å². The SMILES string of the molecule is CCOc1ccc2c(c1)CN(CC(=O)NCc1ccc(OC)cc1)CC2. The van der Waals surface area contributed by atoms with Gasteiger partial charge in [0.1, 0.15) is 11.5 Å². The minimum Gasteiger partial charge on any atom is -0.497 e. The van der Waals surface area contributed by atoms with E-state index in [1.54, 1.807) is 7.11 Å². The van der Waals surface area contributed by atoms with Crippen LogP contribution in [0.4, 0.5) is 0 Å². The van der Waals surface area contributed by atoms with E-state index in [0.717, 1.165) is 36.6 Å². The van der Waals surface area contributed by atoms with Gasteiger partial charge in [-0.3, -0.25) is 9.69 Å². The van der Waals surface area contributed by atoms with Crippen molar-refractivity contribution >= 4 is 5.91 Å². The van der Waals surface area contributed by atoms with Gasteiger partial charge in [-0.05, 0) is 54.3 Å². The Morgan fingerprint density at radius 2 is 1.88 bits per heavy atom. The number of fused-ring (bicyclic) bond motifs is 1.